The summed E-state index contributed by atoms with van der Waals surface area (Å²) in [6, 6.07) is 11.5. The minimum atomic E-state index is -0.512. The number of carbonyl (C=O) groups is 3. The third kappa shape index (κ3) is 7.42. The Morgan fingerprint density at radius 1 is 0.867 bits per heavy atom. The maximum absolute atomic E-state index is 14.3. The fourth-order valence-corrected chi connectivity index (χ4v) is 8.79. The number of anilines is 2. The van der Waals surface area contributed by atoms with Gasteiger partial charge in [-0.05, 0) is 114 Å². The maximum Gasteiger partial charge on any atom is 0.322 e. The normalized spacial score (nSPS) is 21.6. The van der Waals surface area contributed by atoms with Crippen molar-refractivity contribution in [3.05, 3.63) is 56.5 Å². The molecule has 0 saturated carbocycles. The van der Waals surface area contributed by atoms with Crippen molar-refractivity contribution in [1.29, 1.82) is 0 Å². The van der Waals surface area contributed by atoms with E-state index in [0.29, 0.717) is 45.9 Å². The molecule has 45 heavy (non-hydrogen) atoms. The lowest BCUT2D eigenvalue weighted by molar-refractivity contribution is -0.139. The molecule has 0 unspecified atom stereocenters. The van der Waals surface area contributed by atoms with E-state index in [1.165, 1.54) is 32.4 Å². The van der Waals surface area contributed by atoms with Crippen LogP contribution in [0.1, 0.15) is 67.3 Å². The van der Waals surface area contributed by atoms with Gasteiger partial charge in [0.2, 0.25) is 5.91 Å². The number of benzene rings is 2. The zero-order valence-electron chi connectivity index (χ0n) is 25.9. The highest BCUT2D eigenvalue weighted by Gasteiger charge is 2.38. The first-order valence-electron chi connectivity index (χ1n) is 16.5. The van der Waals surface area contributed by atoms with E-state index in [2.05, 4.69) is 53.0 Å². The average Bonchev–Trinajstić information content (AvgIpc) is 3.24. The molecular formula is C34H44Br2N6O3. The van der Waals surface area contributed by atoms with Crippen LogP contribution in [0.15, 0.2) is 45.3 Å². The van der Waals surface area contributed by atoms with Crippen molar-refractivity contribution in [2.75, 3.05) is 56.9 Å². The lowest BCUT2D eigenvalue weighted by Crippen LogP contribution is -2.57. The van der Waals surface area contributed by atoms with E-state index in [9.17, 15) is 14.4 Å². The lowest BCUT2D eigenvalue weighted by atomic mass is 9.95. The summed E-state index contributed by atoms with van der Waals surface area (Å²) >= 11 is 6.94. The standard InChI is InChI=1S/C34H44Br2N6O3/c35-27-20-24(21-28(36)32(27)37)31(43)22-30(40-15-9-25(10-16-40)39-13-4-1-5-14-39)33(44)41-17-11-26(12-18-41)42-19-8-23-6-2-3-7-29(23)38-34(42)45/h2-3,6-7,20-21,25-26,30H,1,4-5,8-19,22,37H2,(H,38,45)/t30-/m1/s1. The second kappa shape index (κ2) is 14.5. The average molecular weight is 745 g/mol. The molecule has 242 valence electrons. The van der Waals surface area contributed by atoms with Gasteiger partial charge in [0.05, 0.1) is 11.7 Å². The van der Waals surface area contributed by atoms with Gasteiger partial charge in [0, 0.05) is 71.4 Å². The van der Waals surface area contributed by atoms with Crippen molar-refractivity contribution >= 4 is 61.0 Å². The summed E-state index contributed by atoms with van der Waals surface area (Å²) in [5.74, 6) is -0.0388. The number of Topliss-reactive ketones (excluding diaryl/α,β-unsaturated/α-hetero) is 1. The van der Waals surface area contributed by atoms with Gasteiger partial charge in [0.15, 0.2) is 5.78 Å². The summed E-state index contributed by atoms with van der Waals surface area (Å²) in [5, 5.41) is 3.08. The molecule has 4 heterocycles. The van der Waals surface area contributed by atoms with Crippen LogP contribution >= 0.6 is 31.9 Å². The molecule has 0 bridgehead atoms. The number of nitrogens with one attached hydrogen (secondary N) is 1. The zero-order chi connectivity index (χ0) is 31.5. The van der Waals surface area contributed by atoms with Crippen LogP contribution in [0.4, 0.5) is 16.2 Å². The summed E-state index contributed by atoms with van der Waals surface area (Å²) in [6.45, 7) is 5.78. The van der Waals surface area contributed by atoms with Crippen molar-refractivity contribution < 1.29 is 14.4 Å². The van der Waals surface area contributed by atoms with E-state index in [1.807, 2.05) is 28.0 Å². The molecule has 4 aliphatic rings. The van der Waals surface area contributed by atoms with E-state index in [4.69, 9.17) is 5.73 Å². The van der Waals surface area contributed by atoms with Crippen molar-refractivity contribution in [2.45, 2.75) is 75.9 Å². The van der Waals surface area contributed by atoms with Crippen LogP contribution in [-0.4, -0.2) is 101 Å². The predicted molar refractivity (Wildman–Crippen MR) is 184 cm³/mol. The number of nitrogen functional groups attached to an aromatic ring is 1. The third-order valence-electron chi connectivity index (χ3n) is 10.3. The first-order chi connectivity index (χ1) is 21.8. The summed E-state index contributed by atoms with van der Waals surface area (Å²) in [5.41, 5.74) is 9.20. The molecule has 3 saturated heterocycles. The second-order valence-electron chi connectivity index (χ2n) is 12.9. The molecule has 4 aliphatic heterocycles. The number of piperidine rings is 3. The monoisotopic (exact) mass is 742 g/mol. The first-order valence-corrected chi connectivity index (χ1v) is 18.1. The Morgan fingerprint density at radius 3 is 2.20 bits per heavy atom. The summed E-state index contributed by atoms with van der Waals surface area (Å²) in [6.07, 6.45) is 8.28. The van der Waals surface area contributed by atoms with Crippen LogP contribution < -0.4 is 11.1 Å². The highest BCUT2D eigenvalue weighted by Crippen LogP contribution is 2.32. The molecule has 2 aromatic carbocycles. The van der Waals surface area contributed by atoms with Crippen LogP contribution in [0.5, 0.6) is 0 Å². The van der Waals surface area contributed by atoms with Crippen molar-refractivity contribution in [3.63, 3.8) is 0 Å². The Morgan fingerprint density at radius 2 is 1.51 bits per heavy atom. The number of ketones is 1. The van der Waals surface area contributed by atoms with Crippen LogP contribution in [0.2, 0.25) is 0 Å². The number of amides is 3. The van der Waals surface area contributed by atoms with E-state index in [0.717, 1.165) is 56.4 Å². The number of halogens is 2. The molecular weight excluding hydrogens is 700 g/mol. The number of hydrogen-bond acceptors (Lipinski definition) is 6. The number of nitrogens with two attached hydrogens (primary N) is 1. The predicted octanol–water partition coefficient (Wildman–Crippen LogP) is 5.77. The lowest BCUT2D eigenvalue weighted by Gasteiger charge is -2.44. The Bertz CT molecular complexity index is 1380. The molecule has 0 aliphatic carbocycles. The molecule has 6 rings (SSSR count). The van der Waals surface area contributed by atoms with Crippen LogP contribution in [0, 0.1) is 0 Å². The van der Waals surface area contributed by atoms with Crippen molar-refractivity contribution in [2.24, 2.45) is 0 Å². The van der Waals surface area contributed by atoms with Crippen LogP contribution in [0.25, 0.3) is 0 Å². The maximum atomic E-state index is 14.3. The largest absolute Gasteiger partial charge is 0.397 e. The van der Waals surface area contributed by atoms with Gasteiger partial charge in [-0.1, -0.05) is 24.6 Å². The highest BCUT2D eigenvalue weighted by molar-refractivity contribution is 9.11. The van der Waals surface area contributed by atoms with Crippen molar-refractivity contribution in [1.82, 2.24) is 19.6 Å². The van der Waals surface area contributed by atoms with E-state index < -0.39 is 6.04 Å². The highest BCUT2D eigenvalue weighted by atomic mass is 79.9. The van der Waals surface area contributed by atoms with Gasteiger partial charge in [-0.15, -0.1) is 0 Å². The summed E-state index contributed by atoms with van der Waals surface area (Å²) in [4.78, 5) is 49.9. The Kier molecular flexibility index (Phi) is 10.5. The van der Waals surface area contributed by atoms with Gasteiger partial charge < -0.3 is 25.8 Å². The number of fused-ring (bicyclic) bond motifs is 1. The molecule has 11 heteroatoms. The second-order valence-corrected chi connectivity index (χ2v) is 14.7. The van der Waals surface area contributed by atoms with E-state index in [-0.39, 0.29) is 30.2 Å². The van der Waals surface area contributed by atoms with Gasteiger partial charge in [-0.2, -0.15) is 0 Å². The summed E-state index contributed by atoms with van der Waals surface area (Å²) < 4.78 is 1.32. The number of carbonyl (C=O) groups excluding carboxylic acids is 3. The van der Waals surface area contributed by atoms with Gasteiger partial charge in [-0.3, -0.25) is 14.5 Å². The molecule has 3 N–H and O–H groups in total. The fourth-order valence-electron chi connectivity index (χ4n) is 7.60. The van der Waals surface area contributed by atoms with Crippen LogP contribution in [-0.2, 0) is 11.2 Å². The minimum absolute atomic E-state index is 0.0273. The third-order valence-corrected chi connectivity index (χ3v) is 11.6. The summed E-state index contributed by atoms with van der Waals surface area (Å²) in [7, 11) is 0. The molecule has 3 amide bonds. The number of likely N-dealkylation sites (tertiary alicyclic amines) is 3. The zero-order valence-corrected chi connectivity index (χ0v) is 29.0. The van der Waals surface area contributed by atoms with Crippen molar-refractivity contribution in [3.8, 4) is 0 Å². The number of para-hydroxylation sites is 1. The van der Waals surface area contributed by atoms with Gasteiger partial charge >= 0.3 is 6.03 Å². The van der Waals surface area contributed by atoms with Crippen LogP contribution in [0.3, 0.4) is 0 Å². The molecule has 2 aromatic rings. The number of urea groups is 1. The van der Waals surface area contributed by atoms with Gasteiger partial charge in [0.25, 0.3) is 0 Å². The Labute approximate surface area is 283 Å². The molecule has 9 nitrogen and oxygen atoms in total. The van der Waals surface area contributed by atoms with Gasteiger partial charge in [-0.25, -0.2) is 4.79 Å². The quantitative estimate of drug-likeness (QED) is 0.276. The molecule has 3 fully saturated rings. The number of hydrogen-bond donors (Lipinski definition) is 2. The smallest absolute Gasteiger partial charge is 0.322 e. The molecule has 1 atom stereocenters. The fraction of sp³-hybridized carbons (Fsp3) is 0.559. The van der Waals surface area contributed by atoms with E-state index >= 15 is 0 Å². The molecule has 0 spiro atoms. The SMILES string of the molecule is Nc1c(Br)cc(C(=O)C[C@H](C(=O)N2CCC(N3CCc4ccccc4NC3=O)CC2)N2CCC(N3CCCCC3)CC2)cc1Br. The number of nitrogens with zero attached hydrogens (tertiary/aromatic N) is 4. The first kappa shape index (κ1) is 32.5. The Balaban J connectivity index is 1.13. The Hall–Kier alpha value is -2.47. The van der Waals surface area contributed by atoms with E-state index in [1.54, 1.807) is 12.1 Å². The molecule has 0 aromatic heterocycles. The van der Waals surface area contributed by atoms with Gasteiger partial charge in [0.1, 0.15) is 0 Å². The molecule has 0 radical (unpaired) electrons. The number of rotatable bonds is 7. The topological polar surface area (TPSA) is 102 Å². The minimum Gasteiger partial charge on any atom is -0.397 e.